The summed E-state index contributed by atoms with van der Waals surface area (Å²) in [7, 11) is 0. The van der Waals surface area contributed by atoms with Gasteiger partial charge in [-0.15, -0.1) is 0 Å². The monoisotopic (exact) mass is 359 g/mol. The van der Waals surface area contributed by atoms with Crippen LogP contribution in [0.1, 0.15) is 10.4 Å². The van der Waals surface area contributed by atoms with Gasteiger partial charge in [-0.05, 0) is 40.8 Å². The number of carboxylic acid groups (broad SMARTS) is 1. The van der Waals surface area contributed by atoms with Gasteiger partial charge in [0.2, 0.25) is 5.43 Å². The van der Waals surface area contributed by atoms with Gasteiger partial charge in [-0.2, -0.15) is 0 Å². The predicted molar refractivity (Wildman–Crippen MR) is 75.0 cm³/mol. The van der Waals surface area contributed by atoms with E-state index in [1.165, 1.54) is 6.20 Å². The Morgan fingerprint density at radius 3 is 2.72 bits per heavy atom. The maximum Gasteiger partial charge on any atom is 0.341 e. The van der Waals surface area contributed by atoms with Crippen molar-refractivity contribution in [3.8, 4) is 0 Å². The Balaban J connectivity index is 2.87. The van der Waals surface area contributed by atoms with E-state index in [2.05, 4.69) is 22.6 Å². The molecule has 18 heavy (non-hydrogen) atoms. The highest BCUT2D eigenvalue weighted by atomic mass is 127. The lowest BCUT2D eigenvalue weighted by Gasteiger charge is -2.11. The third-order valence-electron chi connectivity index (χ3n) is 2.61. The average molecular weight is 359 g/mol. The first-order valence-electron chi connectivity index (χ1n) is 5.21. The number of aliphatic hydroxyl groups excluding tert-OH is 1. The fourth-order valence-corrected chi connectivity index (χ4v) is 2.31. The Hall–Kier alpha value is -1.41. The molecule has 94 valence electrons. The van der Waals surface area contributed by atoms with Crippen molar-refractivity contribution in [3.05, 3.63) is 43.8 Å². The van der Waals surface area contributed by atoms with E-state index in [1.807, 2.05) is 6.07 Å². The van der Waals surface area contributed by atoms with Gasteiger partial charge in [-0.25, -0.2) is 4.79 Å². The first-order chi connectivity index (χ1) is 8.54. The Morgan fingerprint density at radius 2 is 2.11 bits per heavy atom. The fraction of sp³-hybridized carbons (Fsp3) is 0.167. The topological polar surface area (TPSA) is 79.5 Å². The highest BCUT2D eigenvalue weighted by Crippen LogP contribution is 2.15. The predicted octanol–water partition coefficient (Wildman–Crippen LogP) is 1.30. The number of halogens is 1. The van der Waals surface area contributed by atoms with Gasteiger partial charge in [0.1, 0.15) is 5.56 Å². The van der Waals surface area contributed by atoms with E-state index in [-0.39, 0.29) is 18.7 Å². The molecule has 0 saturated carbocycles. The van der Waals surface area contributed by atoms with Gasteiger partial charge in [0.25, 0.3) is 0 Å². The normalized spacial score (nSPS) is 10.8. The third-order valence-corrected chi connectivity index (χ3v) is 3.28. The van der Waals surface area contributed by atoms with Crippen molar-refractivity contribution >= 4 is 39.5 Å². The smallest absolute Gasteiger partial charge is 0.341 e. The second-order valence-electron chi connectivity index (χ2n) is 3.76. The SMILES string of the molecule is O=C(O)c1cn(CCO)c2ccc(I)cc2c1=O. The van der Waals surface area contributed by atoms with Gasteiger partial charge >= 0.3 is 5.97 Å². The molecule has 1 aromatic carbocycles. The van der Waals surface area contributed by atoms with Crippen LogP contribution in [0.5, 0.6) is 0 Å². The van der Waals surface area contributed by atoms with Crippen molar-refractivity contribution in [2.75, 3.05) is 6.61 Å². The molecule has 2 N–H and O–H groups in total. The summed E-state index contributed by atoms with van der Waals surface area (Å²) >= 11 is 2.06. The summed E-state index contributed by atoms with van der Waals surface area (Å²) in [4.78, 5) is 23.0. The van der Waals surface area contributed by atoms with Gasteiger partial charge in [-0.1, -0.05) is 0 Å². The molecule has 2 aromatic rings. The van der Waals surface area contributed by atoms with Crippen molar-refractivity contribution < 1.29 is 15.0 Å². The Labute approximate surface area is 116 Å². The van der Waals surface area contributed by atoms with Gasteiger partial charge in [0, 0.05) is 21.7 Å². The van der Waals surface area contributed by atoms with Crippen LogP contribution in [0.15, 0.2) is 29.2 Å². The molecule has 0 saturated heterocycles. The van der Waals surface area contributed by atoms with Crippen LogP contribution in [0.25, 0.3) is 10.9 Å². The summed E-state index contributed by atoms with van der Waals surface area (Å²) in [6, 6.07) is 5.23. The number of carboxylic acids is 1. The van der Waals surface area contributed by atoms with Crippen molar-refractivity contribution in [2.24, 2.45) is 0 Å². The van der Waals surface area contributed by atoms with E-state index in [0.717, 1.165) is 3.57 Å². The summed E-state index contributed by atoms with van der Waals surface area (Å²) in [5.74, 6) is -1.26. The van der Waals surface area contributed by atoms with Gasteiger partial charge in [0.05, 0.1) is 12.1 Å². The molecule has 0 aliphatic heterocycles. The van der Waals surface area contributed by atoms with Gasteiger partial charge < -0.3 is 14.8 Å². The van der Waals surface area contributed by atoms with E-state index < -0.39 is 11.4 Å². The Bertz CT molecular complexity index is 678. The van der Waals surface area contributed by atoms with E-state index in [4.69, 9.17) is 10.2 Å². The molecule has 1 heterocycles. The largest absolute Gasteiger partial charge is 0.477 e. The van der Waals surface area contributed by atoms with Crippen LogP contribution in [0.3, 0.4) is 0 Å². The van der Waals surface area contributed by atoms with Crippen molar-refractivity contribution in [1.29, 1.82) is 0 Å². The molecule has 2 rings (SSSR count). The molecule has 0 amide bonds. The number of benzene rings is 1. The molecule has 0 aliphatic rings. The molecule has 0 atom stereocenters. The second-order valence-corrected chi connectivity index (χ2v) is 5.00. The lowest BCUT2D eigenvalue weighted by atomic mass is 10.1. The average Bonchev–Trinajstić information content (AvgIpc) is 2.32. The maximum absolute atomic E-state index is 12.0. The lowest BCUT2D eigenvalue weighted by Crippen LogP contribution is -2.19. The van der Waals surface area contributed by atoms with Gasteiger partial charge in [0.15, 0.2) is 0 Å². The standard InChI is InChI=1S/C12H10INO4/c13-7-1-2-10-8(5-7)11(16)9(12(17)18)6-14(10)3-4-15/h1-2,5-6,15H,3-4H2,(H,17,18). The van der Waals surface area contributed by atoms with Crippen LogP contribution in [0.4, 0.5) is 0 Å². The van der Waals surface area contributed by atoms with Crippen LogP contribution >= 0.6 is 22.6 Å². The molecule has 0 radical (unpaired) electrons. The van der Waals surface area contributed by atoms with Crippen LogP contribution in [0, 0.1) is 3.57 Å². The molecule has 1 aromatic heterocycles. The summed E-state index contributed by atoms with van der Waals surface area (Å²) in [5.41, 5.74) is -0.150. The third kappa shape index (κ3) is 2.25. The van der Waals surface area contributed by atoms with Crippen LogP contribution in [0.2, 0.25) is 0 Å². The number of aromatic carboxylic acids is 1. The number of fused-ring (bicyclic) bond motifs is 1. The van der Waals surface area contributed by atoms with Crippen LogP contribution in [-0.2, 0) is 6.54 Å². The quantitative estimate of drug-likeness (QED) is 0.810. The highest BCUT2D eigenvalue weighted by Gasteiger charge is 2.14. The van der Waals surface area contributed by atoms with Gasteiger partial charge in [-0.3, -0.25) is 4.79 Å². The first kappa shape index (κ1) is 13.0. The number of hydrogen-bond donors (Lipinski definition) is 2. The number of hydrogen-bond acceptors (Lipinski definition) is 3. The van der Waals surface area contributed by atoms with Crippen molar-refractivity contribution in [1.82, 2.24) is 4.57 Å². The van der Waals surface area contributed by atoms with E-state index in [9.17, 15) is 9.59 Å². The minimum atomic E-state index is -1.26. The van der Waals surface area contributed by atoms with E-state index in [1.54, 1.807) is 16.7 Å². The summed E-state index contributed by atoms with van der Waals surface area (Å²) < 4.78 is 2.44. The Morgan fingerprint density at radius 1 is 1.39 bits per heavy atom. The lowest BCUT2D eigenvalue weighted by molar-refractivity contribution is 0.0694. The molecule has 0 bridgehead atoms. The number of rotatable bonds is 3. The zero-order valence-corrected chi connectivity index (χ0v) is 11.4. The van der Waals surface area contributed by atoms with Crippen LogP contribution in [-0.4, -0.2) is 27.4 Å². The first-order valence-corrected chi connectivity index (χ1v) is 6.29. The summed E-state index contributed by atoms with van der Waals surface area (Å²) in [6.07, 6.45) is 1.27. The highest BCUT2D eigenvalue weighted by molar-refractivity contribution is 14.1. The molecule has 0 unspecified atom stereocenters. The summed E-state index contributed by atoms with van der Waals surface area (Å²) in [6.45, 7) is 0.126. The number of pyridine rings is 1. The molecule has 0 aliphatic carbocycles. The second kappa shape index (κ2) is 5.07. The molecule has 0 spiro atoms. The summed E-state index contributed by atoms with van der Waals surface area (Å²) in [5, 5.41) is 18.4. The van der Waals surface area contributed by atoms with Crippen LogP contribution < -0.4 is 5.43 Å². The number of carbonyl (C=O) groups is 1. The molecule has 5 nitrogen and oxygen atoms in total. The zero-order valence-electron chi connectivity index (χ0n) is 9.26. The van der Waals surface area contributed by atoms with Crippen molar-refractivity contribution in [3.63, 3.8) is 0 Å². The molecule has 6 heteroatoms. The number of aliphatic hydroxyl groups is 1. The maximum atomic E-state index is 12.0. The number of nitrogens with zero attached hydrogens (tertiary/aromatic N) is 1. The number of aromatic nitrogens is 1. The zero-order chi connectivity index (χ0) is 13.3. The minimum Gasteiger partial charge on any atom is -0.477 e. The van der Waals surface area contributed by atoms with E-state index >= 15 is 0 Å². The molecular weight excluding hydrogens is 349 g/mol. The Kier molecular flexibility index (Phi) is 3.67. The fourth-order valence-electron chi connectivity index (χ4n) is 1.81. The van der Waals surface area contributed by atoms with Crippen molar-refractivity contribution in [2.45, 2.75) is 6.54 Å². The van der Waals surface area contributed by atoms with E-state index in [0.29, 0.717) is 10.9 Å². The minimum absolute atomic E-state index is 0.122. The molecule has 0 fully saturated rings. The molecular formula is C12H10INO4.